The van der Waals surface area contributed by atoms with Crippen LogP contribution in [0.5, 0.6) is 5.75 Å². The van der Waals surface area contributed by atoms with Gasteiger partial charge in [0.2, 0.25) is 11.8 Å². The summed E-state index contributed by atoms with van der Waals surface area (Å²) in [6.45, 7) is 8.99. The van der Waals surface area contributed by atoms with Crippen LogP contribution in [0.1, 0.15) is 58.6 Å². The van der Waals surface area contributed by atoms with Crippen LogP contribution in [-0.2, 0) is 35.1 Å². The van der Waals surface area contributed by atoms with E-state index in [4.69, 9.17) is 31.5 Å². The van der Waals surface area contributed by atoms with Crippen molar-refractivity contribution in [1.29, 1.82) is 0 Å². The second-order valence-electron chi connectivity index (χ2n) is 12.1. The SMILES string of the molecule is COc1ccc(C[C@@H](C)C(=O)NC[C@@H](C)C(=O)O[C@@H](CC(C)C)C(=O)O[C@@H](C/C=C/C(N)=O)[C@H](C)/C=C/c2ccc(F)cc2)cc1Cl. The number of hydrogen-bond donors (Lipinski definition) is 2. The molecule has 11 heteroatoms. The summed E-state index contributed by atoms with van der Waals surface area (Å²) in [6, 6.07) is 11.2. The van der Waals surface area contributed by atoms with Gasteiger partial charge < -0.3 is 25.3 Å². The number of amides is 2. The monoisotopic (exact) mass is 672 g/mol. The summed E-state index contributed by atoms with van der Waals surface area (Å²) in [5.41, 5.74) is 6.85. The number of primary amides is 1. The van der Waals surface area contributed by atoms with Gasteiger partial charge in [0.05, 0.1) is 18.1 Å². The van der Waals surface area contributed by atoms with Crippen molar-refractivity contribution < 1.29 is 37.8 Å². The maximum Gasteiger partial charge on any atom is 0.347 e. The molecule has 0 fully saturated rings. The Morgan fingerprint density at radius 2 is 1.64 bits per heavy atom. The Morgan fingerprint density at radius 1 is 0.957 bits per heavy atom. The lowest BCUT2D eigenvalue weighted by molar-refractivity contribution is -0.175. The van der Waals surface area contributed by atoms with Crippen molar-refractivity contribution in [2.45, 2.75) is 66.1 Å². The van der Waals surface area contributed by atoms with Gasteiger partial charge in [0.15, 0.2) is 6.10 Å². The number of nitrogens with one attached hydrogen (secondary N) is 1. The number of nitrogens with two attached hydrogens (primary N) is 1. The minimum Gasteiger partial charge on any atom is -0.495 e. The summed E-state index contributed by atoms with van der Waals surface area (Å²) < 4.78 is 29.9. The van der Waals surface area contributed by atoms with Crippen LogP contribution in [-0.4, -0.2) is 49.6 Å². The Bertz CT molecular complexity index is 1410. The Balaban J connectivity index is 2.04. The molecule has 0 aliphatic rings. The predicted molar refractivity (Wildman–Crippen MR) is 180 cm³/mol. The summed E-state index contributed by atoms with van der Waals surface area (Å²) in [5.74, 6) is -3.56. The van der Waals surface area contributed by atoms with Gasteiger partial charge in [0.1, 0.15) is 17.7 Å². The zero-order valence-electron chi connectivity index (χ0n) is 27.8. The molecule has 3 N–H and O–H groups in total. The van der Waals surface area contributed by atoms with E-state index in [1.165, 1.54) is 31.4 Å². The van der Waals surface area contributed by atoms with E-state index < -0.39 is 41.9 Å². The van der Waals surface area contributed by atoms with Gasteiger partial charge in [-0.05, 0) is 60.2 Å². The molecule has 0 radical (unpaired) electrons. The van der Waals surface area contributed by atoms with E-state index in [0.717, 1.165) is 11.1 Å². The van der Waals surface area contributed by atoms with E-state index in [1.54, 1.807) is 44.2 Å². The van der Waals surface area contributed by atoms with Crippen LogP contribution in [0, 0.1) is 29.5 Å². The molecule has 0 bridgehead atoms. The highest BCUT2D eigenvalue weighted by molar-refractivity contribution is 6.32. The lowest BCUT2D eigenvalue weighted by Gasteiger charge is -2.26. The summed E-state index contributed by atoms with van der Waals surface area (Å²) in [6.07, 6.45) is 5.21. The van der Waals surface area contributed by atoms with E-state index in [0.29, 0.717) is 17.2 Å². The maximum absolute atomic E-state index is 13.4. The van der Waals surface area contributed by atoms with Crippen LogP contribution in [0.2, 0.25) is 5.02 Å². The van der Waals surface area contributed by atoms with Gasteiger partial charge in [-0.2, -0.15) is 0 Å². The number of carbonyl (C=O) groups excluding carboxylic acids is 4. The molecule has 2 rings (SSSR count). The molecule has 0 saturated heterocycles. The van der Waals surface area contributed by atoms with E-state index in [1.807, 2.05) is 32.9 Å². The smallest absolute Gasteiger partial charge is 0.347 e. The molecule has 0 aliphatic heterocycles. The van der Waals surface area contributed by atoms with Gasteiger partial charge in [0, 0.05) is 24.8 Å². The first-order valence-electron chi connectivity index (χ1n) is 15.6. The Hall–Kier alpha value is -4.18. The molecule has 2 amide bonds. The van der Waals surface area contributed by atoms with Crippen LogP contribution in [0.3, 0.4) is 0 Å². The Morgan fingerprint density at radius 3 is 2.23 bits per heavy atom. The Labute approximate surface area is 281 Å². The third-order valence-corrected chi connectivity index (χ3v) is 7.66. The summed E-state index contributed by atoms with van der Waals surface area (Å²) in [5, 5.41) is 3.24. The zero-order chi connectivity index (χ0) is 35.1. The average Bonchev–Trinajstić information content (AvgIpc) is 3.01. The van der Waals surface area contributed by atoms with Crippen LogP contribution in [0.4, 0.5) is 4.39 Å². The summed E-state index contributed by atoms with van der Waals surface area (Å²) in [4.78, 5) is 50.5. The zero-order valence-corrected chi connectivity index (χ0v) is 28.6. The highest BCUT2D eigenvalue weighted by Gasteiger charge is 2.31. The van der Waals surface area contributed by atoms with Crippen molar-refractivity contribution in [2.24, 2.45) is 29.4 Å². The van der Waals surface area contributed by atoms with Crippen LogP contribution >= 0.6 is 11.6 Å². The molecule has 47 heavy (non-hydrogen) atoms. The molecule has 5 atom stereocenters. The number of rotatable bonds is 18. The molecule has 9 nitrogen and oxygen atoms in total. The first-order valence-corrected chi connectivity index (χ1v) is 16.0. The van der Waals surface area contributed by atoms with Gasteiger partial charge in [-0.15, -0.1) is 0 Å². The number of halogens is 2. The van der Waals surface area contributed by atoms with E-state index in [2.05, 4.69) is 5.32 Å². The number of ether oxygens (including phenoxy) is 3. The molecule has 0 unspecified atom stereocenters. The lowest BCUT2D eigenvalue weighted by atomic mass is 9.99. The fourth-order valence-electron chi connectivity index (χ4n) is 4.55. The van der Waals surface area contributed by atoms with Crippen LogP contribution in [0.15, 0.2) is 60.7 Å². The standard InChI is InChI=1S/C36H46ClFN2O7/c1-22(2)18-32(36(44)46-30(8-7-9-33(39)41)23(3)10-11-26-12-15-28(38)16-13-26)47-35(43)25(5)21-40-34(42)24(4)19-27-14-17-31(45-6)29(37)20-27/h7,9-17,20,22-25,30,32H,8,18-19,21H2,1-6H3,(H2,39,41)(H,40,42)/b9-7+,11-10+/t23-,24-,25-,30+,32+/m1/s1. The third kappa shape index (κ3) is 14.0. The molecule has 0 saturated carbocycles. The predicted octanol–water partition coefficient (Wildman–Crippen LogP) is 6.07. The van der Waals surface area contributed by atoms with Crippen molar-refractivity contribution in [1.82, 2.24) is 5.32 Å². The highest BCUT2D eigenvalue weighted by atomic mass is 35.5. The fourth-order valence-corrected chi connectivity index (χ4v) is 4.83. The molecule has 2 aromatic carbocycles. The molecule has 0 aromatic heterocycles. The largest absolute Gasteiger partial charge is 0.495 e. The van der Waals surface area contributed by atoms with Gasteiger partial charge in [0.25, 0.3) is 0 Å². The number of benzene rings is 2. The quantitative estimate of drug-likeness (QED) is 0.145. The van der Waals surface area contributed by atoms with Gasteiger partial charge >= 0.3 is 11.9 Å². The summed E-state index contributed by atoms with van der Waals surface area (Å²) in [7, 11) is 1.53. The topological polar surface area (TPSA) is 134 Å². The van der Waals surface area contributed by atoms with E-state index in [-0.39, 0.29) is 42.9 Å². The van der Waals surface area contributed by atoms with Crippen molar-refractivity contribution in [2.75, 3.05) is 13.7 Å². The third-order valence-electron chi connectivity index (χ3n) is 7.36. The molecule has 0 aliphatic carbocycles. The first kappa shape index (κ1) is 39.0. The van der Waals surface area contributed by atoms with Crippen molar-refractivity contribution in [3.05, 3.63) is 82.7 Å². The fraction of sp³-hybridized carbons (Fsp3) is 0.444. The number of carbonyl (C=O) groups is 4. The second kappa shape index (κ2) is 19.5. The van der Waals surface area contributed by atoms with Crippen LogP contribution < -0.4 is 15.8 Å². The molecular weight excluding hydrogens is 627 g/mol. The first-order chi connectivity index (χ1) is 22.2. The van der Waals surface area contributed by atoms with E-state index in [9.17, 15) is 23.6 Å². The van der Waals surface area contributed by atoms with Gasteiger partial charge in [-0.3, -0.25) is 14.4 Å². The lowest BCUT2D eigenvalue weighted by Crippen LogP contribution is -2.39. The molecule has 256 valence electrons. The number of methoxy groups -OCH3 is 1. The maximum atomic E-state index is 13.4. The van der Waals surface area contributed by atoms with Crippen molar-refractivity contribution in [3.8, 4) is 5.75 Å². The minimum atomic E-state index is -1.18. The molecule has 0 heterocycles. The average molecular weight is 673 g/mol. The molecule has 0 spiro atoms. The highest BCUT2D eigenvalue weighted by Crippen LogP contribution is 2.26. The van der Waals surface area contributed by atoms with Crippen molar-refractivity contribution in [3.63, 3.8) is 0 Å². The summed E-state index contributed by atoms with van der Waals surface area (Å²) >= 11 is 6.20. The van der Waals surface area contributed by atoms with Gasteiger partial charge in [-0.1, -0.05) is 82.6 Å². The number of esters is 2. The van der Waals surface area contributed by atoms with Gasteiger partial charge in [-0.25, -0.2) is 9.18 Å². The normalized spacial score (nSPS) is 14.7. The van der Waals surface area contributed by atoms with Crippen molar-refractivity contribution >= 4 is 41.4 Å². The van der Waals surface area contributed by atoms with E-state index >= 15 is 0 Å². The second-order valence-corrected chi connectivity index (χ2v) is 12.5. The number of hydrogen-bond acceptors (Lipinski definition) is 7. The minimum absolute atomic E-state index is 0.00771. The molecular formula is C36H46ClFN2O7. The Kier molecular flexibility index (Phi) is 16.2. The van der Waals surface area contributed by atoms with Crippen LogP contribution in [0.25, 0.3) is 6.08 Å². The molecule has 2 aromatic rings.